The van der Waals surface area contributed by atoms with Crippen molar-refractivity contribution in [2.45, 2.75) is 57.3 Å². The van der Waals surface area contributed by atoms with Crippen molar-refractivity contribution in [1.82, 2.24) is 10.2 Å². The molecule has 0 aliphatic carbocycles. The van der Waals surface area contributed by atoms with Crippen LogP contribution in [0.5, 0.6) is 0 Å². The third kappa shape index (κ3) is 4.14. The summed E-state index contributed by atoms with van der Waals surface area (Å²) in [4.78, 5) is 14.9. The Balaban J connectivity index is 1.33. The molecular weight excluding hydrogens is 341 g/mol. The van der Waals surface area contributed by atoms with E-state index in [-0.39, 0.29) is 17.9 Å². The predicted molar refractivity (Wildman–Crippen MR) is 105 cm³/mol. The van der Waals surface area contributed by atoms with Crippen molar-refractivity contribution >= 4 is 11.7 Å². The van der Waals surface area contributed by atoms with Gasteiger partial charge in [-0.2, -0.15) is 0 Å². The molecule has 4 nitrogen and oxygen atoms in total. The van der Waals surface area contributed by atoms with Crippen LogP contribution in [0.25, 0.3) is 0 Å². The second-order valence-corrected chi connectivity index (χ2v) is 7.77. The average Bonchev–Trinajstić information content (AvgIpc) is 2.87. The quantitative estimate of drug-likeness (QED) is 0.838. The number of anilines is 1. The molecule has 2 aliphatic rings. The lowest BCUT2D eigenvalue weighted by molar-refractivity contribution is 0.112. The van der Waals surface area contributed by atoms with Gasteiger partial charge in [-0.25, -0.2) is 9.18 Å². The van der Waals surface area contributed by atoms with E-state index in [1.54, 1.807) is 0 Å². The van der Waals surface area contributed by atoms with E-state index in [4.69, 9.17) is 0 Å². The summed E-state index contributed by atoms with van der Waals surface area (Å²) >= 11 is 0. The first-order valence-corrected chi connectivity index (χ1v) is 9.72. The van der Waals surface area contributed by atoms with Gasteiger partial charge in [0, 0.05) is 30.4 Å². The van der Waals surface area contributed by atoms with Crippen LogP contribution in [0.1, 0.15) is 36.8 Å². The highest BCUT2D eigenvalue weighted by Crippen LogP contribution is 2.36. The van der Waals surface area contributed by atoms with Gasteiger partial charge in [0.25, 0.3) is 0 Å². The smallest absolute Gasteiger partial charge is 0.319 e. The first kappa shape index (κ1) is 18.0. The Morgan fingerprint density at radius 3 is 2.41 bits per heavy atom. The first-order valence-electron chi connectivity index (χ1n) is 9.72. The zero-order valence-corrected chi connectivity index (χ0v) is 15.6. The van der Waals surface area contributed by atoms with E-state index < -0.39 is 0 Å². The van der Waals surface area contributed by atoms with Gasteiger partial charge in [0.2, 0.25) is 0 Å². The minimum atomic E-state index is -0.190. The van der Waals surface area contributed by atoms with Crippen molar-refractivity contribution in [3.8, 4) is 0 Å². The molecule has 2 atom stereocenters. The van der Waals surface area contributed by atoms with E-state index in [1.807, 2.05) is 43.3 Å². The van der Waals surface area contributed by atoms with Crippen LogP contribution >= 0.6 is 0 Å². The van der Waals surface area contributed by atoms with Gasteiger partial charge in [-0.3, -0.25) is 4.90 Å². The number of halogens is 1. The predicted octanol–water partition coefficient (Wildman–Crippen LogP) is 4.45. The number of hydrogen-bond donors (Lipinski definition) is 2. The normalized spacial score (nSPS) is 24.6. The van der Waals surface area contributed by atoms with Crippen LogP contribution in [0.4, 0.5) is 14.9 Å². The minimum Gasteiger partial charge on any atom is -0.335 e. The van der Waals surface area contributed by atoms with Crippen LogP contribution in [-0.4, -0.2) is 29.1 Å². The number of benzene rings is 2. The lowest BCUT2D eigenvalue weighted by Crippen LogP contribution is -2.50. The SMILES string of the molecule is Cc1ccccc1NC(=O)NC1C[C@H]2CC[C@H](C1)N2Cc1ccc(F)cc1. The number of para-hydroxylation sites is 1. The molecule has 0 spiro atoms. The van der Waals surface area contributed by atoms with Gasteiger partial charge >= 0.3 is 6.03 Å². The molecule has 2 aromatic rings. The zero-order chi connectivity index (χ0) is 18.8. The second kappa shape index (κ2) is 7.69. The van der Waals surface area contributed by atoms with Crippen molar-refractivity contribution in [2.24, 2.45) is 0 Å². The fourth-order valence-corrected chi connectivity index (χ4v) is 4.51. The Morgan fingerprint density at radius 1 is 1.07 bits per heavy atom. The van der Waals surface area contributed by atoms with Gasteiger partial charge in [0.15, 0.2) is 0 Å². The highest BCUT2D eigenvalue weighted by Gasteiger charge is 2.40. The minimum absolute atomic E-state index is 0.124. The highest BCUT2D eigenvalue weighted by molar-refractivity contribution is 5.90. The van der Waals surface area contributed by atoms with E-state index in [0.717, 1.165) is 36.2 Å². The monoisotopic (exact) mass is 367 g/mol. The maximum atomic E-state index is 13.1. The molecule has 0 unspecified atom stereocenters. The van der Waals surface area contributed by atoms with Crippen molar-refractivity contribution in [3.05, 3.63) is 65.5 Å². The number of piperidine rings is 1. The summed E-state index contributed by atoms with van der Waals surface area (Å²) in [6, 6.07) is 15.6. The number of fused-ring (bicyclic) bond motifs is 2. The van der Waals surface area contributed by atoms with Crippen LogP contribution in [0, 0.1) is 12.7 Å². The molecule has 0 radical (unpaired) electrons. The summed E-state index contributed by atoms with van der Waals surface area (Å²) in [6.45, 7) is 2.85. The summed E-state index contributed by atoms with van der Waals surface area (Å²) in [7, 11) is 0. The summed E-state index contributed by atoms with van der Waals surface area (Å²) in [5.41, 5.74) is 3.06. The van der Waals surface area contributed by atoms with Crippen molar-refractivity contribution in [2.75, 3.05) is 5.32 Å². The molecule has 0 aromatic heterocycles. The Kier molecular flexibility index (Phi) is 5.12. The largest absolute Gasteiger partial charge is 0.335 e. The highest BCUT2D eigenvalue weighted by atomic mass is 19.1. The van der Waals surface area contributed by atoms with E-state index in [9.17, 15) is 9.18 Å². The van der Waals surface area contributed by atoms with Gasteiger partial charge in [-0.1, -0.05) is 30.3 Å². The Labute approximate surface area is 159 Å². The summed E-state index contributed by atoms with van der Waals surface area (Å²) in [5.74, 6) is -0.190. The molecule has 2 aliphatic heterocycles. The van der Waals surface area contributed by atoms with E-state index in [1.165, 1.54) is 25.0 Å². The number of carbonyl (C=O) groups is 1. The summed E-state index contributed by atoms with van der Waals surface area (Å²) < 4.78 is 13.1. The van der Waals surface area contributed by atoms with Crippen LogP contribution in [0.15, 0.2) is 48.5 Å². The molecule has 142 valence electrons. The zero-order valence-electron chi connectivity index (χ0n) is 15.6. The molecule has 27 heavy (non-hydrogen) atoms. The van der Waals surface area contributed by atoms with Gasteiger partial charge < -0.3 is 10.6 Å². The third-order valence-electron chi connectivity index (χ3n) is 5.89. The first-order chi connectivity index (χ1) is 13.1. The molecule has 2 bridgehead atoms. The molecule has 2 fully saturated rings. The molecule has 2 saturated heterocycles. The number of amides is 2. The van der Waals surface area contributed by atoms with Crippen molar-refractivity contribution in [1.29, 1.82) is 0 Å². The lowest BCUT2D eigenvalue weighted by Gasteiger charge is -2.39. The number of urea groups is 1. The van der Waals surface area contributed by atoms with Gasteiger partial charge in [0.1, 0.15) is 5.82 Å². The van der Waals surface area contributed by atoms with E-state index in [0.29, 0.717) is 12.1 Å². The van der Waals surface area contributed by atoms with Crippen LogP contribution < -0.4 is 10.6 Å². The van der Waals surface area contributed by atoms with Gasteiger partial charge in [0.05, 0.1) is 0 Å². The molecule has 2 aromatic carbocycles. The maximum Gasteiger partial charge on any atom is 0.319 e. The van der Waals surface area contributed by atoms with Crippen LogP contribution in [-0.2, 0) is 6.54 Å². The topological polar surface area (TPSA) is 44.4 Å². The molecule has 2 N–H and O–H groups in total. The Bertz CT molecular complexity index is 793. The third-order valence-corrected chi connectivity index (χ3v) is 5.89. The number of rotatable bonds is 4. The van der Waals surface area contributed by atoms with E-state index in [2.05, 4.69) is 15.5 Å². The Morgan fingerprint density at radius 2 is 1.74 bits per heavy atom. The van der Waals surface area contributed by atoms with Gasteiger partial charge in [-0.05, 0) is 61.9 Å². The lowest BCUT2D eigenvalue weighted by atomic mass is 9.96. The van der Waals surface area contributed by atoms with E-state index >= 15 is 0 Å². The molecular formula is C22H26FN3O. The Hall–Kier alpha value is -2.40. The number of carbonyl (C=O) groups excluding carboxylic acids is 1. The number of nitrogens with zero attached hydrogens (tertiary/aromatic N) is 1. The molecule has 4 rings (SSSR count). The van der Waals surface area contributed by atoms with Crippen LogP contribution in [0.3, 0.4) is 0 Å². The van der Waals surface area contributed by atoms with Crippen molar-refractivity contribution < 1.29 is 9.18 Å². The van der Waals surface area contributed by atoms with Crippen molar-refractivity contribution in [3.63, 3.8) is 0 Å². The maximum absolute atomic E-state index is 13.1. The molecule has 2 amide bonds. The fourth-order valence-electron chi connectivity index (χ4n) is 4.51. The average molecular weight is 367 g/mol. The van der Waals surface area contributed by atoms with Crippen LogP contribution in [0.2, 0.25) is 0 Å². The van der Waals surface area contributed by atoms with Gasteiger partial charge in [-0.15, -0.1) is 0 Å². The number of aryl methyl sites for hydroxylation is 1. The standard InChI is InChI=1S/C22H26FN3O/c1-15-4-2-3-5-21(15)25-22(27)24-18-12-19-10-11-20(13-18)26(19)14-16-6-8-17(23)9-7-16/h2-9,18-20H,10-14H2,1H3,(H2,24,25,27)/t19-,20-/m1/s1. The molecule has 2 heterocycles. The molecule has 5 heteroatoms. The molecule has 0 saturated carbocycles. The summed E-state index contributed by atoms with van der Waals surface area (Å²) in [6.07, 6.45) is 4.28. The second-order valence-electron chi connectivity index (χ2n) is 7.77. The number of hydrogen-bond acceptors (Lipinski definition) is 2. The summed E-state index contributed by atoms with van der Waals surface area (Å²) in [5, 5.41) is 6.13. The fraction of sp³-hybridized carbons (Fsp3) is 0.409. The number of nitrogens with one attached hydrogen (secondary N) is 2.